The van der Waals surface area contributed by atoms with Crippen LogP contribution in [0.5, 0.6) is 0 Å². The van der Waals surface area contributed by atoms with Crippen molar-refractivity contribution < 1.29 is 9.90 Å². The van der Waals surface area contributed by atoms with Crippen molar-refractivity contribution in [2.45, 2.75) is 58.7 Å². The van der Waals surface area contributed by atoms with Gasteiger partial charge in [-0.3, -0.25) is 10.1 Å². The summed E-state index contributed by atoms with van der Waals surface area (Å²) in [4.78, 5) is 11.3. The molecule has 0 spiro atoms. The van der Waals surface area contributed by atoms with Crippen LogP contribution >= 0.6 is 0 Å². The first-order chi connectivity index (χ1) is 8.59. The number of aromatic nitrogens is 4. The molecule has 0 saturated carbocycles. The lowest BCUT2D eigenvalue weighted by atomic mass is 9.93. The van der Waals surface area contributed by atoms with Crippen LogP contribution in [0.25, 0.3) is 0 Å². The summed E-state index contributed by atoms with van der Waals surface area (Å²) in [7, 11) is 0. The van der Waals surface area contributed by atoms with Gasteiger partial charge in [0.25, 0.3) is 0 Å². The van der Waals surface area contributed by atoms with Crippen molar-refractivity contribution in [2.24, 2.45) is 0 Å². The van der Waals surface area contributed by atoms with Gasteiger partial charge in [-0.05, 0) is 29.7 Å². The fraction of sp³-hybridized carbons (Fsp3) is 0.818. The van der Waals surface area contributed by atoms with Crippen LogP contribution in [-0.4, -0.2) is 36.8 Å². The first kappa shape index (κ1) is 14.6. The van der Waals surface area contributed by atoms with Crippen molar-refractivity contribution >= 4 is 5.97 Å². The van der Waals surface area contributed by atoms with Crippen molar-refractivity contribution in [3.63, 3.8) is 0 Å². The van der Waals surface area contributed by atoms with Gasteiger partial charge in [-0.1, -0.05) is 20.8 Å². The van der Waals surface area contributed by atoms with Gasteiger partial charge in [-0.25, -0.2) is 4.68 Å². The molecule has 0 atom stereocenters. The van der Waals surface area contributed by atoms with E-state index in [2.05, 4.69) is 20.8 Å². The van der Waals surface area contributed by atoms with Gasteiger partial charge in [0, 0.05) is 6.54 Å². The lowest BCUT2D eigenvalue weighted by molar-refractivity contribution is -0.145. The molecule has 0 unspecified atom stereocenters. The first-order valence-corrected chi connectivity index (χ1v) is 6.33. The summed E-state index contributed by atoms with van der Waals surface area (Å²) in [5.41, 5.74) is -0.900. The van der Waals surface area contributed by atoms with Crippen LogP contribution in [0.1, 0.15) is 45.9 Å². The Kier molecular flexibility index (Phi) is 5.21. The minimum Gasteiger partial charge on any atom is -0.480 e. The molecule has 0 radical (unpaired) electrons. The number of nitrogens with zero attached hydrogens (tertiary/aromatic N) is 4. The Balaban J connectivity index is 2.73. The molecule has 102 valence electrons. The summed E-state index contributed by atoms with van der Waals surface area (Å²) in [6.07, 6.45) is 1.98. The lowest BCUT2D eigenvalue weighted by Crippen LogP contribution is -2.51. The summed E-state index contributed by atoms with van der Waals surface area (Å²) in [6, 6.07) is 0. The van der Waals surface area contributed by atoms with Crippen molar-refractivity contribution in [3.8, 4) is 0 Å². The van der Waals surface area contributed by atoms with Gasteiger partial charge < -0.3 is 5.11 Å². The molecule has 1 aromatic heterocycles. The molecule has 2 N–H and O–H groups in total. The maximum Gasteiger partial charge on any atom is 0.323 e. The van der Waals surface area contributed by atoms with E-state index < -0.39 is 11.5 Å². The molecule has 0 amide bonds. The average molecular weight is 255 g/mol. The quantitative estimate of drug-likeness (QED) is 0.714. The molecule has 0 saturated heterocycles. The van der Waals surface area contributed by atoms with Gasteiger partial charge in [0.1, 0.15) is 5.54 Å². The number of nitrogens with one attached hydrogen (secondary N) is 1. The van der Waals surface area contributed by atoms with Crippen LogP contribution in [0.15, 0.2) is 0 Å². The summed E-state index contributed by atoms with van der Waals surface area (Å²) in [5.74, 6) is -0.161. The Morgan fingerprint density at radius 3 is 2.56 bits per heavy atom. The molecule has 1 heterocycles. The predicted molar refractivity (Wildman–Crippen MR) is 65.9 cm³/mol. The molecule has 18 heavy (non-hydrogen) atoms. The van der Waals surface area contributed by atoms with Crippen LogP contribution in [0.3, 0.4) is 0 Å². The van der Waals surface area contributed by atoms with Crippen LogP contribution in [-0.2, 0) is 17.9 Å². The third-order valence-corrected chi connectivity index (χ3v) is 3.24. The second-order valence-electron chi connectivity index (χ2n) is 4.27. The van der Waals surface area contributed by atoms with E-state index in [1.807, 2.05) is 20.8 Å². The molecule has 0 aliphatic carbocycles. The average Bonchev–Trinajstić information content (AvgIpc) is 2.79. The fourth-order valence-corrected chi connectivity index (χ4v) is 1.86. The number of aryl methyl sites for hydroxylation is 1. The molecule has 1 rings (SSSR count). The number of rotatable bonds is 8. The van der Waals surface area contributed by atoms with E-state index in [0.717, 1.165) is 13.0 Å². The van der Waals surface area contributed by atoms with Gasteiger partial charge in [-0.2, -0.15) is 0 Å². The summed E-state index contributed by atoms with van der Waals surface area (Å²) in [6.45, 7) is 6.86. The minimum atomic E-state index is -0.900. The van der Waals surface area contributed by atoms with Gasteiger partial charge in [-0.15, -0.1) is 5.10 Å². The normalized spacial score (nSPS) is 11.7. The van der Waals surface area contributed by atoms with Gasteiger partial charge >= 0.3 is 5.97 Å². The van der Waals surface area contributed by atoms with Crippen molar-refractivity contribution in [1.29, 1.82) is 0 Å². The second-order valence-corrected chi connectivity index (χ2v) is 4.27. The smallest absolute Gasteiger partial charge is 0.323 e. The zero-order valence-electron chi connectivity index (χ0n) is 11.2. The lowest BCUT2D eigenvalue weighted by Gasteiger charge is -2.27. The highest BCUT2D eigenvalue weighted by molar-refractivity contribution is 5.78. The standard InChI is InChI=1S/C11H21N5O2/c1-4-7-16-9(13-14-15-16)8-12-11(5-2,6-3)10(17)18/h12H,4-8H2,1-3H3,(H,17,18). The Morgan fingerprint density at radius 1 is 1.39 bits per heavy atom. The molecule has 0 aromatic carbocycles. The number of carbonyl (C=O) groups is 1. The number of carboxylic acids is 1. The van der Waals surface area contributed by atoms with E-state index >= 15 is 0 Å². The monoisotopic (exact) mass is 255 g/mol. The van der Waals surface area contributed by atoms with Gasteiger partial charge in [0.2, 0.25) is 0 Å². The van der Waals surface area contributed by atoms with Crippen molar-refractivity contribution in [3.05, 3.63) is 5.82 Å². The molecule has 0 fully saturated rings. The topological polar surface area (TPSA) is 92.9 Å². The number of hydrogen-bond donors (Lipinski definition) is 2. The maximum absolute atomic E-state index is 11.3. The molecule has 7 nitrogen and oxygen atoms in total. The van der Waals surface area contributed by atoms with Crippen molar-refractivity contribution in [2.75, 3.05) is 0 Å². The fourth-order valence-electron chi connectivity index (χ4n) is 1.86. The highest BCUT2D eigenvalue weighted by Gasteiger charge is 2.34. The Bertz CT molecular complexity index is 387. The number of tetrazole rings is 1. The van der Waals surface area contributed by atoms with E-state index in [-0.39, 0.29) is 0 Å². The number of hydrogen-bond acceptors (Lipinski definition) is 5. The van der Waals surface area contributed by atoms with E-state index in [4.69, 9.17) is 0 Å². The SMILES string of the molecule is CCCn1nnnc1CNC(CC)(CC)C(=O)O. The van der Waals surface area contributed by atoms with E-state index in [1.165, 1.54) is 0 Å². The largest absolute Gasteiger partial charge is 0.480 e. The van der Waals surface area contributed by atoms with Crippen LogP contribution < -0.4 is 5.32 Å². The molecule has 0 bridgehead atoms. The Hall–Kier alpha value is -1.50. The van der Waals surface area contributed by atoms with E-state index in [9.17, 15) is 9.90 Å². The van der Waals surface area contributed by atoms with Crippen LogP contribution in [0, 0.1) is 0 Å². The number of aliphatic carboxylic acids is 1. The molecular weight excluding hydrogens is 234 g/mol. The zero-order chi connectivity index (χ0) is 13.6. The highest BCUT2D eigenvalue weighted by atomic mass is 16.4. The predicted octanol–water partition coefficient (Wildman–Crippen LogP) is 0.816. The Labute approximate surface area is 107 Å². The minimum absolute atomic E-state index is 0.362. The first-order valence-electron chi connectivity index (χ1n) is 6.33. The van der Waals surface area contributed by atoms with Crippen LogP contribution in [0.2, 0.25) is 0 Å². The highest BCUT2D eigenvalue weighted by Crippen LogP contribution is 2.16. The maximum atomic E-state index is 11.3. The molecule has 0 aliphatic heterocycles. The summed E-state index contributed by atoms with van der Waals surface area (Å²) >= 11 is 0. The van der Waals surface area contributed by atoms with Gasteiger partial charge in [0.05, 0.1) is 6.54 Å². The van der Waals surface area contributed by atoms with Crippen LogP contribution in [0.4, 0.5) is 0 Å². The molecule has 0 aliphatic rings. The second kappa shape index (κ2) is 6.44. The molecular formula is C11H21N5O2. The third kappa shape index (κ3) is 3.04. The number of carboxylic acid groups (broad SMARTS) is 1. The third-order valence-electron chi connectivity index (χ3n) is 3.24. The molecule has 1 aromatic rings. The van der Waals surface area contributed by atoms with Gasteiger partial charge in [0.15, 0.2) is 5.82 Å². The van der Waals surface area contributed by atoms with E-state index in [0.29, 0.717) is 25.2 Å². The summed E-state index contributed by atoms with van der Waals surface area (Å²) in [5, 5.41) is 23.8. The Morgan fingerprint density at radius 2 is 2.06 bits per heavy atom. The van der Waals surface area contributed by atoms with Crippen molar-refractivity contribution in [1.82, 2.24) is 25.5 Å². The summed E-state index contributed by atoms with van der Waals surface area (Å²) < 4.78 is 1.70. The molecule has 7 heteroatoms. The zero-order valence-corrected chi connectivity index (χ0v) is 11.2. The van der Waals surface area contributed by atoms with E-state index in [1.54, 1.807) is 4.68 Å².